The molecule has 0 aliphatic carbocycles. The van der Waals surface area contributed by atoms with Crippen LogP contribution in [0.1, 0.15) is 11.1 Å². The van der Waals surface area contributed by atoms with Crippen molar-refractivity contribution in [3.63, 3.8) is 0 Å². The highest BCUT2D eigenvalue weighted by molar-refractivity contribution is 9.10. The molecule has 0 bridgehead atoms. The Kier molecular flexibility index (Phi) is 6.93. The van der Waals surface area contributed by atoms with Crippen LogP contribution in [-0.2, 0) is 17.8 Å². The number of alkyl carbamates (subject to hydrolysis) is 1. The quantitative estimate of drug-likeness (QED) is 0.773. The maximum atomic E-state index is 11.8. The second kappa shape index (κ2) is 9.17. The maximum Gasteiger partial charge on any atom is 0.407 e. The summed E-state index contributed by atoms with van der Waals surface area (Å²) in [6.45, 7) is 0.666. The minimum absolute atomic E-state index is 0.248. The van der Waals surface area contributed by atoms with Crippen LogP contribution < -0.4 is 14.8 Å². The molecule has 0 aromatic heterocycles. The predicted octanol–water partition coefficient (Wildman–Crippen LogP) is 3.94. The summed E-state index contributed by atoms with van der Waals surface area (Å²) in [5.74, 6) is 1.42. The highest BCUT2D eigenvalue weighted by Crippen LogP contribution is 2.33. The van der Waals surface area contributed by atoms with E-state index in [0.29, 0.717) is 24.5 Å². The molecule has 0 radical (unpaired) electrons. The molecule has 0 unspecified atom stereocenters. The zero-order valence-electron chi connectivity index (χ0n) is 13.7. The van der Waals surface area contributed by atoms with Crippen LogP contribution in [-0.4, -0.2) is 26.9 Å². The van der Waals surface area contributed by atoms with Gasteiger partial charge in [-0.15, -0.1) is 0 Å². The van der Waals surface area contributed by atoms with Crippen molar-refractivity contribution >= 4 is 22.0 Å². The third-order valence-electron chi connectivity index (χ3n) is 3.43. The van der Waals surface area contributed by atoms with Gasteiger partial charge in [-0.3, -0.25) is 0 Å². The molecule has 0 heterocycles. The van der Waals surface area contributed by atoms with Gasteiger partial charge in [0.2, 0.25) is 0 Å². The molecule has 2 rings (SSSR count). The number of amides is 1. The van der Waals surface area contributed by atoms with Gasteiger partial charge in [-0.25, -0.2) is 4.79 Å². The molecule has 1 amide bonds. The highest BCUT2D eigenvalue weighted by atomic mass is 79.9. The molecule has 0 saturated carbocycles. The number of hydrogen-bond acceptors (Lipinski definition) is 4. The third kappa shape index (κ3) is 5.16. The number of carbonyl (C=O) groups excluding carboxylic acids is 1. The van der Waals surface area contributed by atoms with E-state index in [0.717, 1.165) is 15.6 Å². The summed E-state index contributed by atoms with van der Waals surface area (Å²) in [5.41, 5.74) is 1.84. The first-order valence-electron chi connectivity index (χ1n) is 7.49. The molecular formula is C18H20BrNO4. The molecule has 2 aromatic carbocycles. The van der Waals surface area contributed by atoms with Gasteiger partial charge in [0.05, 0.1) is 14.2 Å². The summed E-state index contributed by atoms with van der Waals surface area (Å²) in [5, 5.41) is 2.73. The second-order valence-electron chi connectivity index (χ2n) is 5.03. The minimum Gasteiger partial charge on any atom is -0.496 e. The van der Waals surface area contributed by atoms with Crippen LogP contribution in [0, 0.1) is 0 Å². The van der Waals surface area contributed by atoms with E-state index in [2.05, 4.69) is 21.2 Å². The Morgan fingerprint density at radius 1 is 1.08 bits per heavy atom. The van der Waals surface area contributed by atoms with E-state index in [1.807, 2.05) is 42.5 Å². The summed E-state index contributed by atoms with van der Waals surface area (Å²) in [4.78, 5) is 11.8. The van der Waals surface area contributed by atoms with Crippen molar-refractivity contribution in [1.29, 1.82) is 0 Å². The van der Waals surface area contributed by atoms with Gasteiger partial charge in [0.1, 0.15) is 18.1 Å². The fraction of sp³-hybridized carbons (Fsp3) is 0.278. The second-order valence-corrected chi connectivity index (χ2v) is 5.94. The lowest BCUT2D eigenvalue weighted by molar-refractivity contribution is 0.139. The smallest absolute Gasteiger partial charge is 0.407 e. The summed E-state index contributed by atoms with van der Waals surface area (Å²) in [6.07, 6.45) is 0.119. The normalized spacial score (nSPS) is 10.1. The zero-order valence-corrected chi connectivity index (χ0v) is 15.3. The number of methoxy groups -OCH3 is 2. The first-order chi connectivity index (χ1) is 11.6. The van der Waals surface area contributed by atoms with Gasteiger partial charge in [-0.05, 0) is 24.1 Å². The molecule has 0 atom stereocenters. The Balaban J connectivity index is 1.86. The van der Waals surface area contributed by atoms with E-state index in [1.165, 1.54) is 0 Å². The van der Waals surface area contributed by atoms with Crippen LogP contribution in [0.15, 0.2) is 46.9 Å². The van der Waals surface area contributed by atoms with E-state index < -0.39 is 6.09 Å². The lowest BCUT2D eigenvalue weighted by Gasteiger charge is -2.14. The van der Waals surface area contributed by atoms with Gasteiger partial charge in [0, 0.05) is 16.6 Å². The molecule has 0 aliphatic rings. The average Bonchev–Trinajstić information content (AvgIpc) is 2.61. The van der Waals surface area contributed by atoms with Crippen molar-refractivity contribution < 1.29 is 19.0 Å². The fourth-order valence-corrected chi connectivity index (χ4v) is 2.68. The Bertz CT molecular complexity index is 651. The predicted molar refractivity (Wildman–Crippen MR) is 95.6 cm³/mol. The van der Waals surface area contributed by atoms with E-state index >= 15 is 0 Å². The van der Waals surface area contributed by atoms with Gasteiger partial charge in [-0.1, -0.05) is 46.3 Å². The number of ether oxygens (including phenoxy) is 3. The third-order valence-corrected chi connectivity index (χ3v) is 3.89. The lowest BCUT2D eigenvalue weighted by atomic mass is 10.1. The molecular weight excluding hydrogens is 374 g/mol. The number of hydrogen-bond donors (Lipinski definition) is 1. The van der Waals surface area contributed by atoms with E-state index in [4.69, 9.17) is 14.2 Å². The SMILES string of the molecule is COc1cc(Br)cc(OC)c1CCNC(=O)OCc1ccccc1. The molecule has 0 saturated heterocycles. The van der Waals surface area contributed by atoms with Gasteiger partial charge >= 0.3 is 6.09 Å². The monoisotopic (exact) mass is 393 g/mol. The lowest BCUT2D eigenvalue weighted by Crippen LogP contribution is -2.26. The van der Waals surface area contributed by atoms with E-state index in [9.17, 15) is 4.79 Å². The Morgan fingerprint density at radius 3 is 2.29 bits per heavy atom. The Morgan fingerprint density at radius 2 is 1.71 bits per heavy atom. The van der Waals surface area contributed by atoms with Crippen LogP contribution in [0.5, 0.6) is 11.5 Å². The summed E-state index contributed by atoms with van der Waals surface area (Å²) in [7, 11) is 3.21. The zero-order chi connectivity index (χ0) is 17.4. The van der Waals surface area contributed by atoms with Crippen molar-refractivity contribution in [3.8, 4) is 11.5 Å². The minimum atomic E-state index is -0.450. The summed E-state index contributed by atoms with van der Waals surface area (Å²) in [6, 6.07) is 13.3. The van der Waals surface area contributed by atoms with Crippen molar-refractivity contribution in [2.45, 2.75) is 13.0 Å². The van der Waals surface area contributed by atoms with Gasteiger partial charge in [0.15, 0.2) is 0 Å². The topological polar surface area (TPSA) is 56.8 Å². The molecule has 0 spiro atoms. The average molecular weight is 394 g/mol. The molecule has 0 aliphatic heterocycles. The number of carbonyl (C=O) groups is 1. The number of benzene rings is 2. The molecule has 24 heavy (non-hydrogen) atoms. The number of nitrogens with one attached hydrogen (secondary N) is 1. The van der Waals surface area contributed by atoms with Crippen molar-refractivity contribution in [2.24, 2.45) is 0 Å². The number of rotatable bonds is 7. The molecule has 6 heteroatoms. The number of halogens is 1. The summed E-state index contributed by atoms with van der Waals surface area (Å²) >= 11 is 3.41. The van der Waals surface area contributed by atoms with Gasteiger partial charge in [-0.2, -0.15) is 0 Å². The summed E-state index contributed by atoms with van der Waals surface area (Å²) < 4.78 is 16.8. The van der Waals surface area contributed by atoms with Crippen LogP contribution in [0.25, 0.3) is 0 Å². The maximum absolute atomic E-state index is 11.8. The fourth-order valence-electron chi connectivity index (χ4n) is 2.26. The van der Waals surface area contributed by atoms with Crippen molar-refractivity contribution in [3.05, 3.63) is 58.1 Å². The molecule has 5 nitrogen and oxygen atoms in total. The first kappa shape index (κ1) is 18.1. The van der Waals surface area contributed by atoms with Crippen molar-refractivity contribution in [2.75, 3.05) is 20.8 Å². The molecule has 128 valence electrons. The molecule has 2 aromatic rings. The Labute approximate surface area is 150 Å². The van der Waals surface area contributed by atoms with Crippen molar-refractivity contribution in [1.82, 2.24) is 5.32 Å². The standard InChI is InChI=1S/C18H20BrNO4/c1-22-16-10-14(19)11-17(23-2)15(16)8-9-20-18(21)24-12-13-6-4-3-5-7-13/h3-7,10-11H,8-9,12H2,1-2H3,(H,20,21). The molecule has 0 fully saturated rings. The molecule has 1 N–H and O–H groups in total. The van der Waals surface area contributed by atoms with Crippen LogP contribution in [0.3, 0.4) is 0 Å². The largest absolute Gasteiger partial charge is 0.496 e. The van der Waals surface area contributed by atoms with Gasteiger partial charge in [0.25, 0.3) is 0 Å². The highest BCUT2D eigenvalue weighted by Gasteiger charge is 2.12. The van der Waals surface area contributed by atoms with E-state index in [-0.39, 0.29) is 6.61 Å². The van der Waals surface area contributed by atoms with Crippen LogP contribution >= 0.6 is 15.9 Å². The van der Waals surface area contributed by atoms with Crippen LogP contribution in [0.4, 0.5) is 4.79 Å². The van der Waals surface area contributed by atoms with E-state index in [1.54, 1.807) is 14.2 Å². The van der Waals surface area contributed by atoms with Crippen LogP contribution in [0.2, 0.25) is 0 Å². The Hall–Kier alpha value is -2.21. The first-order valence-corrected chi connectivity index (χ1v) is 8.28. The van der Waals surface area contributed by atoms with Gasteiger partial charge < -0.3 is 19.5 Å².